The Balaban J connectivity index is 1.79. The summed E-state index contributed by atoms with van der Waals surface area (Å²) >= 11 is 0. The lowest BCUT2D eigenvalue weighted by molar-refractivity contribution is -0.144. The number of benzene rings is 1. The summed E-state index contributed by atoms with van der Waals surface area (Å²) in [6.07, 6.45) is 2.67. The first-order valence-electron chi connectivity index (χ1n) is 8.18. The average Bonchev–Trinajstić information content (AvgIpc) is 2.53. The number of carboxylic acid groups (broad SMARTS) is 1. The van der Waals surface area contributed by atoms with E-state index in [1.165, 1.54) is 0 Å². The van der Waals surface area contributed by atoms with Gasteiger partial charge in [-0.15, -0.1) is 0 Å². The Morgan fingerprint density at radius 3 is 2.78 bits per heavy atom. The van der Waals surface area contributed by atoms with E-state index in [1.54, 1.807) is 0 Å². The van der Waals surface area contributed by atoms with Gasteiger partial charge in [-0.3, -0.25) is 9.59 Å². The maximum atomic E-state index is 12.3. The van der Waals surface area contributed by atoms with Crippen LogP contribution in [0.1, 0.15) is 38.2 Å². The summed E-state index contributed by atoms with van der Waals surface area (Å²) in [4.78, 5) is 23.4. The smallest absolute Gasteiger partial charge is 0.306 e. The van der Waals surface area contributed by atoms with Crippen molar-refractivity contribution in [1.29, 1.82) is 0 Å². The lowest BCUT2D eigenvalue weighted by atomic mass is 9.81. The molecule has 1 aromatic rings. The van der Waals surface area contributed by atoms with Crippen LogP contribution in [0, 0.1) is 18.8 Å². The fraction of sp³-hybridized carbons (Fsp3) is 0.556. The SMILES string of the molecule is Cc1cccc(OCC(C)NC(=O)C2CCCC(C(=O)O)C2)c1. The number of carboxylic acids is 1. The van der Waals surface area contributed by atoms with Gasteiger partial charge >= 0.3 is 5.97 Å². The molecular formula is C18H25NO4. The Kier molecular flexibility index (Phi) is 6.02. The second-order valence-electron chi connectivity index (χ2n) is 6.44. The number of rotatable bonds is 6. The lowest BCUT2D eigenvalue weighted by Crippen LogP contribution is -2.42. The van der Waals surface area contributed by atoms with Crippen LogP contribution >= 0.6 is 0 Å². The van der Waals surface area contributed by atoms with Crippen LogP contribution in [0.3, 0.4) is 0 Å². The fourth-order valence-corrected chi connectivity index (χ4v) is 2.98. The zero-order valence-corrected chi connectivity index (χ0v) is 13.7. The number of amides is 1. The van der Waals surface area contributed by atoms with Crippen molar-refractivity contribution in [1.82, 2.24) is 5.32 Å². The Bertz CT molecular complexity index is 558. The highest BCUT2D eigenvalue weighted by Gasteiger charge is 2.31. The molecule has 0 spiro atoms. The molecule has 3 atom stereocenters. The van der Waals surface area contributed by atoms with Crippen molar-refractivity contribution in [3.8, 4) is 5.75 Å². The van der Waals surface area contributed by atoms with E-state index in [0.29, 0.717) is 19.4 Å². The highest BCUT2D eigenvalue weighted by Crippen LogP contribution is 2.29. The van der Waals surface area contributed by atoms with Crippen LogP contribution < -0.4 is 10.1 Å². The van der Waals surface area contributed by atoms with Crippen LogP contribution in [-0.4, -0.2) is 29.6 Å². The third-order valence-electron chi connectivity index (χ3n) is 4.27. The van der Waals surface area contributed by atoms with Crippen LogP contribution in [0.2, 0.25) is 0 Å². The number of aliphatic carboxylic acids is 1. The topological polar surface area (TPSA) is 75.6 Å². The molecule has 0 saturated heterocycles. The highest BCUT2D eigenvalue weighted by molar-refractivity contribution is 5.80. The van der Waals surface area contributed by atoms with Crippen molar-refractivity contribution in [2.24, 2.45) is 11.8 Å². The molecule has 0 aromatic heterocycles. The van der Waals surface area contributed by atoms with E-state index in [1.807, 2.05) is 38.1 Å². The first-order valence-corrected chi connectivity index (χ1v) is 8.18. The van der Waals surface area contributed by atoms with Crippen molar-refractivity contribution in [2.45, 2.75) is 45.6 Å². The summed E-state index contributed by atoms with van der Waals surface area (Å²) in [6.45, 7) is 4.29. The fourth-order valence-electron chi connectivity index (χ4n) is 2.98. The zero-order chi connectivity index (χ0) is 16.8. The maximum Gasteiger partial charge on any atom is 0.306 e. The van der Waals surface area contributed by atoms with Gasteiger partial charge in [-0.1, -0.05) is 18.6 Å². The molecule has 0 heterocycles. The third-order valence-corrected chi connectivity index (χ3v) is 4.27. The minimum atomic E-state index is -0.793. The normalized spacial score (nSPS) is 22.2. The first kappa shape index (κ1) is 17.3. The van der Waals surface area contributed by atoms with Crippen LogP contribution in [0.5, 0.6) is 5.75 Å². The van der Waals surface area contributed by atoms with Gasteiger partial charge in [-0.2, -0.15) is 0 Å². The Hall–Kier alpha value is -2.04. The summed E-state index contributed by atoms with van der Waals surface area (Å²) in [7, 11) is 0. The molecule has 1 amide bonds. The van der Waals surface area contributed by atoms with E-state index in [-0.39, 0.29) is 17.9 Å². The standard InChI is InChI=1S/C18H25NO4/c1-12-5-3-8-16(9-12)23-11-13(2)19-17(20)14-6-4-7-15(10-14)18(21)22/h3,5,8-9,13-15H,4,6-7,10-11H2,1-2H3,(H,19,20)(H,21,22). The summed E-state index contributed by atoms with van der Waals surface area (Å²) in [5.41, 5.74) is 1.13. The van der Waals surface area contributed by atoms with Crippen LogP contribution in [-0.2, 0) is 9.59 Å². The second-order valence-corrected chi connectivity index (χ2v) is 6.44. The summed E-state index contributed by atoms with van der Waals surface area (Å²) in [5.74, 6) is -0.658. The highest BCUT2D eigenvalue weighted by atomic mass is 16.5. The molecule has 0 aliphatic heterocycles. The molecule has 23 heavy (non-hydrogen) atoms. The van der Waals surface area contributed by atoms with Gasteiger partial charge in [0.25, 0.3) is 0 Å². The molecular weight excluding hydrogens is 294 g/mol. The van der Waals surface area contributed by atoms with E-state index in [9.17, 15) is 9.59 Å². The van der Waals surface area contributed by atoms with E-state index in [0.717, 1.165) is 24.2 Å². The average molecular weight is 319 g/mol. The van der Waals surface area contributed by atoms with Gasteiger partial charge in [0.1, 0.15) is 12.4 Å². The van der Waals surface area contributed by atoms with E-state index in [2.05, 4.69) is 5.32 Å². The molecule has 0 bridgehead atoms. The molecule has 1 aliphatic carbocycles. The van der Waals surface area contributed by atoms with Crippen molar-refractivity contribution in [3.05, 3.63) is 29.8 Å². The Morgan fingerprint density at radius 1 is 1.35 bits per heavy atom. The number of aryl methyl sites for hydroxylation is 1. The predicted molar refractivity (Wildman–Crippen MR) is 87.4 cm³/mol. The summed E-state index contributed by atoms with van der Waals surface area (Å²) < 4.78 is 5.69. The van der Waals surface area contributed by atoms with E-state index in [4.69, 9.17) is 9.84 Å². The molecule has 1 aromatic carbocycles. The van der Waals surface area contributed by atoms with Crippen molar-refractivity contribution in [2.75, 3.05) is 6.61 Å². The lowest BCUT2D eigenvalue weighted by Gasteiger charge is -2.27. The minimum Gasteiger partial charge on any atom is -0.491 e. The van der Waals surface area contributed by atoms with Crippen LogP contribution in [0.4, 0.5) is 0 Å². The largest absolute Gasteiger partial charge is 0.491 e. The van der Waals surface area contributed by atoms with Crippen molar-refractivity contribution >= 4 is 11.9 Å². The molecule has 5 nitrogen and oxygen atoms in total. The van der Waals surface area contributed by atoms with Gasteiger partial charge in [0.2, 0.25) is 5.91 Å². The van der Waals surface area contributed by atoms with Gasteiger partial charge in [0.05, 0.1) is 12.0 Å². The number of carbonyl (C=O) groups excluding carboxylic acids is 1. The summed E-state index contributed by atoms with van der Waals surface area (Å²) in [5, 5.41) is 12.0. The first-order chi connectivity index (χ1) is 11.0. The second kappa shape index (κ2) is 7.99. The molecule has 2 rings (SSSR count). The van der Waals surface area contributed by atoms with Crippen molar-refractivity contribution in [3.63, 3.8) is 0 Å². The monoisotopic (exact) mass is 319 g/mol. The maximum absolute atomic E-state index is 12.3. The number of ether oxygens (including phenoxy) is 1. The molecule has 0 radical (unpaired) electrons. The van der Waals surface area contributed by atoms with Crippen LogP contribution in [0.15, 0.2) is 24.3 Å². The van der Waals surface area contributed by atoms with Gasteiger partial charge < -0.3 is 15.2 Å². The molecule has 3 unspecified atom stereocenters. The van der Waals surface area contributed by atoms with Crippen molar-refractivity contribution < 1.29 is 19.4 Å². The Labute approximate surface area is 137 Å². The Morgan fingerprint density at radius 2 is 2.09 bits per heavy atom. The van der Waals surface area contributed by atoms with Gasteiger partial charge in [0, 0.05) is 5.92 Å². The molecule has 5 heteroatoms. The van der Waals surface area contributed by atoms with Crippen LogP contribution in [0.25, 0.3) is 0 Å². The van der Waals surface area contributed by atoms with Gasteiger partial charge in [-0.25, -0.2) is 0 Å². The molecule has 1 saturated carbocycles. The number of carbonyl (C=O) groups is 2. The van der Waals surface area contributed by atoms with E-state index < -0.39 is 11.9 Å². The third kappa shape index (κ3) is 5.27. The predicted octanol–water partition coefficient (Wildman–Crippen LogP) is 2.77. The zero-order valence-electron chi connectivity index (χ0n) is 13.7. The van der Waals surface area contributed by atoms with Gasteiger partial charge in [0.15, 0.2) is 0 Å². The quantitative estimate of drug-likeness (QED) is 0.845. The van der Waals surface area contributed by atoms with E-state index >= 15 is 0 Å². The molecule has 126 valence electrons. The number of hydrogen-bond donors (Lipinski definition) is 2. The summed E-state index contributed by atoms with van der Waals surface area (Å²) in [6, 6.07) is 7.66. The molecule has 1 aliphatic rings. The molecule has 2 N–H and O–H groups in total. The number of hydrogen-bond acceptors (Lipinski definition) is 3. The minimum absolute atomic E-state index is 0.0590. The van der Waals surface area contributed by atoms with Gasteiger partial charge in [-0.05, 0) is 50.8 Å². The number of nitrogens with one attached hydrogen (secondary N) is 1. The molecule has 1 fully saturated rings.